The summed E-state index contributed by atoms with van der Waals surface area (Å²) < 4.78 is 13.9. The van der Waals surface area contributed by atoms with E-state index in [9.17, 15) is 0 Å². The Kier molecular flexibility index (Phi) is 5.31. The molecule has 35 heavy (non-hydrogen) atoms. The van der Waals surface area contributed by atoms with E-state index in [0.29, 0.717) is 40.5 Å². The smallest absolute Gasteiger partial charge is 0.234 e. The zero-order valence-corrected chi connectivity index (χ0v) is 19.5. The van der Waals surface area contributed by atoms with Gasteiger partial charge >= 0.3 is 0 Å². The van der Waals surface area contributed by atoms with Crippen molar-refractivity contribution in [2.45, 2.75) is 6.61 Å². The Bertz CT molecular complexity index is 1670. The van der Waals surface area contributed by atoms with Gasteiger partial charge in [0.25, 0.3) is 0 Å². The normalized spacial score (nSPS) is 11.3. The third-order valence-electron chi connectivity index (χ3n) is 5.74. The van der Waals surface area contributed by atoms with Gasteiger partial charge in [-0.05, 0) is 42.5 Å². The summed E-state index contributed by atoms with van der Waals surface area (Å²) in [5, 5.41) is 6.82. The van der Waals surface area contributed by atoms with E-state index in [0.717, 1.165) is 27.4 Å². The molecule has 0 unspecified atom stereocenters. The Balaban J connectivity index is 1.34. The molecule has 0 aliphatic rings. The zero-order chi connectivity index (χ0) is 23.8. The van der Waals surface area contributed by atoms with Gasteiger partial charge in [0, 0.05) is 40.3 Å². The van der Waals surface area contributed by atoms with Crippen molar-refractivity contribution in [3.63, 3.8) is 0 Å². The number of aryl methyl sites for hydroxylation is 1. The monoisotopic (exact) mass is 481 g/mol. The second-order valence-electron chi connectivity index (χ2n) is 8.09. The lowest BCUT2D eigenvalue weighted by Gasteiger charge is -2.11. The van der Waals surface area contributed by atoms with E-state index >= 15 is 0 Å². The Labute approximate surface area is 205 Å². The summed E-state index contributed by atoms with van der Waals surface area (Å²) in [4.78, 5) is 12.7. The minimum absolute atomic E-state index is 0.362. The topological polar surface area (TPSA) is 77.9 Å². The van der Waals surface area contributed by atoms with Crippen LogP contribution >= 0.6 is 11.6 Å². The summed E-state index contributed by atoms with van der Waals surface area (Å²) in [6.07, 6.45) is 3.61. The van der Waals surface area contributed by atoms with Crippen molar-refractivity contribution in [2.24, 2.45) is 7.05 Å². The number of H-pyrrole nitrogens is 1. The van der Waals surface area contributed by atoms with Gasteiger partial charge in [-0.1, -0.05) is 41.9 Å². The summed E-state index contributed by atoms with van der Waals surface area (Å²) in [6.45, 7) is 0.362. The van der Waals surface area contributed by atoms with Crippen LogP contribution in [0.25, 0.3) is 33.3 Å². The van der Waals surface area contributed by atoms with E-state index < -0.39 is 0 Å². The molecule has 0 aliphatic carbocycles. The Morgan fingerprint density at radius 2 is 1.86 bits per heavy atom. The molecule has 7 nitrogen and oxygen atoms in total. The molecule has 3 heterocycles. The number of halogens is 1. The van der Waals surface area contributed by atoms with Crippen LogP contribution in [0.4, 0.5) is 0 Å². The summed E-state index contributed by atoms with van der Waals surface area (Å²) in [5.74, 6) is 2.33. The molecule has 0 amide bonds. The number of nitrogens with one attached hydrogen (secondary N) is 1. The number of fused-ring (bicyclic) bond motifs is 2. The number of hydrogen-bond donors (Lipinski definition) is 1. The van der Waals surface area contributed by atoms with Gasteiger partial charge in [0.2, 0.25) is 5.88 Å². The van der Waals surface area contributed by atoms with Gasteiger partial charge in [0.05, 0.1) is 6.20 Å². The van der Waals surface area contributed by atoms with Gasteiger partial charge in [0.15, 0.2) is 11.5 Å². The lowest BCUT2D eigenvalue weighted by atomic mass is 10.2. The standard InChI is InChI=1S/C27H20ClN5O2/c1-33-26-22(15-30-33)27(35-21-9-10-24-17(13-21)11-12-29-24)32-25(31-26)18-6-4-7-20(14-18)34-16-19-5-2-3-8-23(19)28/h2-15,29H,16H2,1H3. The second-order valence-corrected chi connectivity index (χ2v) is 8.50. The van der Waals surface area contributed by atoms with Crippen LogP contribution in [-0.4, -0.2) is 24.7 Å². The van der Waals surface area contributed by atoms with Crippen molar-refractivity contribution in [1.82, 2.24) is 24.7 Å². The number of aromatic nitrogens is 5. The van der Waals surface area contributed by atoms with Gasteiger partial charge < -0.3 is 14.5 Å². The Hall–Kier alpha value is -4.36. The molecule has 0 saturated carbocycles. The SMILES string of the molecule is Cn1ncc2c(Oc3ccc4[nH]ccc4c3)nc(-c3cccc(OCc4ccccc4Cl)c3)nc21. The third kappa shape index (κ3) is 4.18. The predicted octanol–water partition coefficient (Wildman–Crippen LogP) is 6.54. The number of hydrogen-bond acceptors (Lipinski definition) is 5. The highest BCUT2D eigenvalue weighted by molar-refractivity contribution is 6.31. The highest BCUT2D eigenvalue weighted by Gasteiger charge is 2.16. The first kappa shape index (κ1) is 21.2. The summed E-state index contributed by atoms with van der Waals surface area (Å²) in [5.41, 5.74) is 3.44. The van der Waals surface area contributed by atoms with Gasteiger partial charge in [-0.3, -0.25) is 4.68 Å². The van der Waals surface area contributed by atoms with Crippen LogP contribution in [0, 0.1) is 0 Å². The molecular weight excluding hydrogens is 462 g/mol. The van der Waals surface area contributed by atoms with E-state index in [1.54, 1.807) is 10.9 Å². The molecule has 0 radical (unpaired) electrons. The average molecular weight is 482 g/mol. The quantitative estimate of drug-likeness (QED) is 0.292. The van der Waals surface area contributed by atoms with Crippen LogP contribution in [0.3, 0.4) is 0 Å². The summed E-state index contributed by atoms with van der Waals surface area (Å²) >= 11 is 6.26. The van der Waals surface area contributed by atoms with Crippen LogP contribution < -0.4 is 9.47 Å². The number of rotatable bonds is 6. The molecule has 0 fully saturated rings. The third-order valence-corrected chi connectivity index (χ3v) is 6.11. The Morgan fingerprint density at radius 3 is 2.77 bits per heavy atom. The first-order chi connectivity index (χ1) is 17.1. The fourth-order valence-electron chi connectivity index (χ4n) is 3.91. The first-order valence-electron chi connectivity index (χ1n) is 11.1. The molecule has 3 aromatic carbocycles. The van der Waals surface area contributed by atoms with Crippen molar-refractivity contribution in [2.75, 3.05) is 0 Å². The second kappa shape index (κ2) is 8.77. The first-order valence-corrected chi connectivity index (χ1v) is 11.4. The largest absolute Gasteiger partial charge is 0.489 e. The molecule has 172 valence electrons. The molecule has 8 heteroatoms. The van der Waals surface area contributed by atoms with E-state index in [1.807, 2.05) is 86.0 Å². The highest BCUT2D eigenvalue weighted by Crippen LogP contribution is 2.32. The van der Waals surface area contributed by atoms with Crippen LogP contribution in [-0.2, 0) is 13.7 Å². The number of ether oxygens (including phenoxy) is 2. The van der Waals surface area contributed by atoms with Crippen LogP contribution in [0.15, 0.2) is 85.2 Å². The maximum Gasteiger partial charge on any atom is 0.234 e. The molecule has 6 rings (SSSR count). The molecule has 0 spiro atoms. The van der Waals surface area contributed by atoms with Crippen molar-refractivity contribution < 1.29 is 9.47 Å². The maximum absolute atomic E-state index is 6.26. The fourth-order valence-corrected chi connectivity index (χ4v) is 4.10. The number of nitrogens with zero attached hydrogens (tertiary/aromatic N) is 4. The van der Waals surface area contributed by atoms with Crippen molar-refractivity contribution >= 4 is 33.5 Å². The number of benzene rings is 3. The van der Waals surface area contributed by atoms with Gasteiger partial charge in [0.1, 0.15) is 23.5 Å². The fraction of sp³-hybridized carbons (Fsp3) is 0.0741. The molecule has 6 aromatic rings. The maximum atomic E-state index is 6.26. The minimum atomic E-state index is 0.362. The average Bonchev–Trinajstić information content (AvgIpc) is 3.50. The Morgan fingerprint density at radius 1 is 0.943 bits per heavy atom. The van der Waals surface area contributed by atoms with Gasteiger partial charge in [-0.25, -0.2) is 4.98 Å². The van der Waals surface area contributed by atoms with Crippen molar-refractivity contribution in [3.8, 4) is 28.8 Å². The van der Waals surface area contributed by atoms with Crippen LogP contribution in [0.2, 0.25) is 5.02 Å². The predicted molar refractivity (Wildman–Crippen MR) is 136 cm³/mol. The number of aromatic amines is 1. The molecule has 1 N–H and O–H groups in total. The minimum Gasteiger partial charge on any atom is -0.489 e. The van der Waals surface area contributed by atoms with Gasteiger partial charge in [-0.15, -0.1) is 0 Å². The van der Waals surface area contributed by atoms with Crippen LogP contribution in [0.1, 0.15) is 5.56 Å². The van der Waals surface area contributed by atoms with E-state index in [2.05, 4.69) is 10.1 Å². The molecule has 0 atom stereocenters. The van der Waals surface area contributed by atoms with E-state index in [4.69, 9.17) is 31.0 Å². The highest BCUT2D eigenvalue weighted by atomic mass is 35.5. The molecule has 3 aromatic heterocycles. The molecule has 0 bridgehead atoms. The van der Waals surface area contributed by atoms with Crippen molar-refractivity contribution in [1.29, 1.82) is 0 Å². The zero-order valence-electron chi connectivity index (χ0n) is 18.8. The molecule has 0 aliphatic heterocycles. The lowest BCUT2D eigenvalue weighted by molar-refractivity contribution is 0.306. The summed E-state index contributed by atoms with van der Waals surface area (Å²) in [6, 6.07) is 23.1. The van der Waals surface area contributed by atoms with E-state index in [1.165, 1.54) is 0 Å². The molecule has 0 saturated heterocycles. The molecular formula is C27H20ClN5O2. The summed E-state index contributed by atoms with van der Waals surface area (Å²) in [7, 11) is 1.85. The van der Waals surface area contributed by atoms with Crippen LogP contribution in [0.5, 0.6) is 17.4 Å². The van der Waals surface area contributed by atoms with E-state index in [-0.39, 0.29) is 0 Å². The lowest BCUT2D eigenvalue weighted by Crippen LogP contribution is -1.99. The van der Waals surface area contributed by atoms with Crippen molar-refractivity contribution in [3.05, 3.63) is 95.8 Å². The van der Waals surface area contributed by atoms with Gasteiger partial charge in [-0.2, -0.15) is 10.1 Å².